The van der Waals surface area contributed by atoms with E-state index in [1.54, 1.807) is 11.3 Å². The predicted molar refractivity (Wildman–Crippen MR) is 121 cm³/mol. The lowest BCUT2D eigenvalue weighted by Gasteiger charge is -2.38. The third-order valence-electron chi connectivity index (χ3n) is 5.83. The van der Waals surface area contributed by atoms with Gasteiger partial charge in [0.2, 0.25) is 11.9 Å². The lowest BCUT2D eigenvalue weighted by molar-refractivity contribution is -0.120. The standard InChI is InChI=1S/C22H28N6OS/c1-15(17-5-6-20-19(11-17)25-14-30-20)27-7-9-28(10-8-27)21-23-12-18(13-24-21)22(3,4)26-16(2)29/h5-6,11-15H,7-10H2,1-4H3,(H,26,29). The highest BCUT2D eigenvalue weighted by atomic mass is 32.1. The van der Waals surface area contributed by atoms with E-state index in [4.69, 9.17) is 0 Å². The van der Waals surface area contributed by atoms with Crippen LogP contribution in [0.1, 0.15) is 44.9 Å². The number of hydrogen-bond donors (Lipinski definition) is 1. The van der Waals surface area contributed by atoms with Crippen LogP contribution in [0.5, 0.6) is 0 Å². The van der Waals surface area contributed by atoms with Gasteiger partial charge in [-0.2, -0.15) is 0 Å². The molecule has 3 heterocycles. The lowest BCUT2D eigenvalue weighted by atomic mass is 9.97. The van der Waals surface area contributed by atoms with E-state index in [2.05, 4.69) is 55.2 Å². The predicted octanol–water partition coefficient (Wildman–Crippen LogP) is 3.34. The summed E-state index contributed by atoms with van der Waals surface area (Å²) in [5, 5.41) is 2.93. The molecule has 1 aliphatic heterocycles. The SMILES string of the molecule is CC(=O)NC(C)(C)c1cnc(N2CCN(C(C)c3ccc4scnc4c3)CC2)nc1. The Labute approximate surface area is 181 Å². The van der Waals surface area contributed by atoms with E-state index >= 15 is 0 Å². The van der Waals surface area contributed by atoms with E-state index in [-0.39, 0.29) is 5.91 Å². The Morgan fingerprint density at radius 1 is 1.13 bits per heavy atom. The number of carbonyl (C=O) groups excluding carboxylic acids is 1. The van der Waals surface area contributed by atoms with Gasteiger partial charge < -0.3 is 10.2 Å². The summed E-state index contributed by atoms with van der Waals surface area (Å²) in [6, 6.07) is 6.95. The van der Waals surface area contributed by atoms with Crippen LogP contribution in [-0.2, 0) is 10.3 Å². The monoisotopic (exact) mass is 424 g/mol. The first-order valence-corrected chi connectivity index (χ1v) is 11.1. The molecule has 1 N–H and O–H groups in total. The Morgan fingerprint density at radius 2 is 1.83 bits per heavy atom. The Morgan fingerprint density at radius 3 is 2.50 bits per heavy atom. The van der Waals surface area contributed by atoms with Crippen LogP contribution in [0.2, 0.25) is 0 Å². The van der Waals surface area contributed by atoms with Crippen LogP contribution in [0.4, 0.5) is 5.95 Å². The fourth-order valence-corrected chi connectivity index (χ4v) is 4.63. The van der Waals surface area contributed by atoms with Gasteiger partial charge in [0.05, 0.1) is 21.3 Å². The molecule has 3 aromatic rings. The number of hydrogen-bond acceptors (Lipinski definition) is 7. The molecule has 8 heteroatoms. The summed E-state index contributed by atoms with van der Waals surface area (Å²) < 4.78 is 1.23. The van der Waals surface area contributed by atoms with Crippen LogP contribution in [0.3, 0.4) is 0 Å². The topological polar surface area (TPSA) is 74.2 Å². The number of nitrogens with one attached hydrogen (secondary N) is 1. The van der Waals surface area contributed by atoms with E-state index in [0.29, 0.717) is 6.04 Å². The molecule has 0 aliphatic carbocycles. The second-order valence-corrected chi connectivity index (χ2v) is 9.24. The molecule has 7 nitrogen and oxygen atoms in total. The summed E-state index contributed by atoms with van der Waals surface area (Å²) in [4.78, 5) is 29.7. The highest BCUT2D eigenvalue weighted by molar-refractivity contribution is 7.16. The zero-order valence-corrected chi connectivity index (χ0v) is 18.7. The number of fused-ring (bicyclic) bond motifs is 1. The van der Waals surface area contributed by atoms with Gasteiger partial charge in [0, 0.05) is 57.1 Å². The number of carbonyl (C=O) groups is 1. The molecule has 0 bridgehead atoms. The number of anilines is 1. The van der Waals surface area contributed by atoms with E-state index in [1.165, 1.54) is 17.2 Å². The first-order chi connectivity index (χ1) is 14.3. The summed E-state index contributed by atoms with van der Waals surface area (Å²) in [6.45, 7) is 11.4. The number of thiazole rings is 1. The number of aromatic nitrogens is 3. The first kappa shape index (κ1) is 20.7. The van der Waals surface area contributed by atoms with Crippen molar-refractivity contribution in [3.05, 3.63) is 47.2 Å². The largest absolute Gasteiger partial charge is 0.347 e. The Bertz CT molecular complexity index is 1020. The molecule has 4 rings (SSSR count). The van der Waals surface area contributed by atoms with Crippen LogP contribution in [0, 0.1) is 0 Å². The first-order valence-electron chi connectivity index (χ1n) is 10.3. The number of rotatable bonds is 5. The lowest BCUT2D eigenvalue weighted by Crippen LogP contribution is -2.47. The number of amides is 1. The molecule has 1 aliphatic rings. The molecule has 1 saturated heterocycles. The van der Waals surface area contributed by atoms with Crippen molar-refractivity contribution in [1.29, 1.82) is 0 Å². The van der Waals surface area contributed by atoms with E-state index in [9.17, 15) is 4.79 Å². The van der Waals surface area contributed by atoms with E-state index in [0.717, 1.165) is 43.2 Å². The molecular weight excluding hydrogens is 396 g/mol. The summed E-state index contributed by atoms with van der Waals surface area (Å²) >= 11 is 1.68. The molecule has 1 unspecified atom stereocenters. The molecule has 0 radical (unpaired) electrons. The molecule has 158 valence electrons. The Kier molecular flexibility index (Phi) is 5.71. The van der Waals surface area contributed by atoms with Crippen molar-refractivity contribution in [1.82, 2.24) is 25.2 Å². The quantitative estimate of drug-likeness (QED) is 0.677. The zero-order chi connectivity index (χ0) is 21.3. The van der Waals surface area contributed by atoms with Gasteiger partial charge in [-0.1, -0.05) is 6.07 Å². The minimum absolute atomic E-state index is 0.0664. The molecule has 1 amide bonds. The minimum Gasteiger partial charge on any atom is -0.347 e. The van der Waals surface area contributed by atoms with Crippen molar-refractivity contribution in [3.63, 3.8) is 0 Å². The zero-order valence-electron chi connectivity index (χ0n) is 17.9. The summed E-state index contributed by atoms with van der Waals surface area (Å²) in [5.74, 6) is 0.678. The molecule has 1 atom stereocenters. The van der Waals surface area contributed by atoms with Crippen LogP contribution in [0.15, 0.2) is 36.1 Å². The van der Waals surface area contributed by atoms with Gasteiger partial charge in [0.1, 0.15) is 0 Å². The maximum absolute atomic E-state index is 11.4. The van der Waals surface area contributed by atoms with Gasteiger partial charge in [-0.3, -0.25) is 9.69 Å². The average molecular weight is 425 g/mol. The number of piperazine rings is 1. The van der Waals surface area contributed by atoms with Gasteiger partial charge in [-0.15, -0.1) is 11.3 Å². The van der Waals surface area contributed by atoms with Crippen molar-refractivity contribution in [2.45, 2.75) is 39.3 Å². The number of nitrogens with zero attached hydrogens (tertiary/aromatic N) is 5. The fraction of sp³-hybridized carbons (Fsp3) is 0.455. The summed E-state index contributed by atoms with van der Waals surface area (Å²) in [5.41, 5.74) is 4.70. The average Bonchev–Trinajstić information content (AvgIpc) is 3.20. The van der Waals surface area contributed by atoms with Gasteiger partial charge in [-0.25, -0.2) is 15.0 Å². The molecule has 0 spiro atoms. The smallest absolute Gasteiger partial charge is 0.225 e. The molecule has 0 saturated carbocycles. The molecular formula is C22H28N6OS. The summed E-state index contributed by atoms with van der Waals surface area (Å²) in [6.07, 6.45) is 3.63. The van der Waals surface area contributed by atoms with Gasteiger partial charge in [-0.05, 0) is 38.5 Å². The van der Waals surface area contributed by atoms with Crippen LogP contribution < -0.4 is 10.2 Å². The van der Waals surface area contributed by atoms with E-state index in [1.807, 2.05) is 31.8 Å². The maximum Gasteiger partial charge on any atom is 0.225 e. The molecule has 2 aromatic heterocycles. The third kappa shape index (κ3) is 4.29. The second-order valence-electron chi connectivity index (χ2n) is 8.36. The highest BCUT2D eigenvalue weighted by Crippen LogP contribution is 2.27. The summed E-state index contributed by atoms with van der Waals surface area (Å²) in [7, 11) is 0. The maximum atomic E-state index is 11.4. The van der Waals surface area contributed by atoms with Crippen molar-refractivity contribution >= 4 is 33.4 Å². The fourth-order valence-electron chi connectivity index (χ4n) is 3.97. The Hall–Kier alpha value is -2.58. The van der Waals surface area contributed by atoms with E-state index < -0.39 is 5.54 Å². The van der Waals surface area contributed by atoms with Crippen molar-refractivity contribution < 1.29 is 4.79 Å². The third-order valence-corrected chi connectivity index (χ3v) is 6.64. The minimum atomic E-state index is -0.489. The van der Waals surface area contributed by atoms with Crippen molar-refractivity contribution in [2.75, 3.05) is 31.1 Å². The second kappa shape index (κ2) is 8.28. The van der Waals surface area contributed by atoms with Gasteiger partial charge in [0.25, 0.3) is 0 Å². The van der Waals surface area contributed by atoms with Crippen molar-refractivity contribution in [3.8, 4) is 0 Å². The molecule has 1 fully saturated rings. The van der Waals surface area contributed by atoms with Crippen LogP contribution in [-0.4, -0.2) is 51.9 Å². The Balaban J connectivity index is 1.38. The molecule has 30 heavy (non-hydrogen) atoms. The van der Waals surface area contributed by atoms with Gasteiger partial charge in [0.15, 0.2) is 0 Å². The van der Waals surface area contributed by atoms with Gasteiger partial charge >= 0.3 is 0 Å². The number of benzene rings is 1. The van der Waals surface area contributed by atoms with Crippen molar-refractivity contribution in [2.24, 2.45) is 0 Å². The molecule has 1 aromatic carbocycles. The van der Waals surface area contributed by atoms with Crippen LogP contribution in [0.25, 0.3) is 10.2 Å². The highest BCUT2D eigenvalue weighted by Gasteiger charge is 2.25. The van der Waals surface area contributed by atoms with Crippen LogP contribution >= 0.6 is 11.3 Å². The normalized spacial score (nSPS) is 16.6.